The first-order chi connectivity index (χ1) is 15.5. The molecule has 1 aliphatic carbocycles. The monoisotopic (exact) mass is 440 g/mol. The molecule has 3 N–H and O–H groups in total. The number of rotatable bonds is 10. The summed E-state index contributed by atoms with van der Waals surface area (Å²) in [6.07, 6.45) is 3.24. The molecule has 0 radical (unpaired) electrons. The van der Waals surface area contributed by atoms with E-state index >= 15 is 0 Å². The number of amides is 1. The molecule has 6 nitrogen and oxygen atoms in total. The minimum atomic E-state index is -0.349. The van der Waals surface area contributed by atoms with Crippen molar-refractivity contribution in [2.24, 2.45) is 10.9 Å². The second-order valence-electron chi connectivity index (χ2n) is 8.19. The van der Waals surface area contributed by atoms with E-state index in [0.717, 1.165) is 17.5 Å². The molecule has 1 saturated carbocycles. The lowest BCUT2D eigenvalue weighted by Gasteiger charge is -2.19. The maximum Gasteiger partial charge on any atom is 0.251 e. The van der Waals surface area contributed by atoms with Gasteiger partial charge in [0.2, 0.25) is 0 Å². The van der Waals surface area contributed by atoms with E-state index in [1.807, 2.05) is 38.1 Å². The number of guanidine groups is 1. The Kier molecular flexibility index (Phi) is 8.48. The summed E-state index contributed by atoms with van der Waals surface area (Å²) in [5, 5.41) is 9.41. The highest BCUT2D eigenvalue weighted by Crippen LogP contribution is 2.30. The summed E-state index contributed by atoms with van der Waals surface area (Å²) in [4.78, 5) is 16.4. The molecule has 7 heteroatoms. The van der Waals surface area contributed by atoms with Gasteiger partial charge in [-0.1, -0.05) is 25.1 Å². The van der Waals surface area contributed by atoms with Gasteiger partial charge in [0.25, 0.3) is 5.91 Å². The molecule has 1 atom stereocenters. The Hall–Kier alpha value is -3.09. The highest BCUT2D eigenvalue weighted by molar-refractivity contribution is 5.94. The largest absolute Gasteiger partial charge is 0.490 e. The van der Waals surface area contributed by atoms with Crippen LogP contribution in [0.3, 0.4) is 0 Å². The number of halogens is 1. The van der Waals surface area contributed by atoms with Crippen molar-refractivity contribution in [3.8, 4) is 5.75 Å². The van der Waals surface area contributed by atoms with Crippen LogP contribution in [0.5, 0.6) is 5.75 Å². The van der Waals surface area contributed by atoms with E-state index < -0.39 is 0 Å². The van der Waals surface area contributed by atoms with E-state index in [0.29, 0.717) is 42.9 Å². The minimum absolute atomic E-state index is 0.0728. The van der Waals surface area contributed by atoms with Crippen molar-refractivity contribution in [2.75, 3.05) is 20.2 Å². The zero-order chi connectivity index (χ0) is 22.9. The molecule has 0 aliphatic heterocycles. The van der Waals surface area contributed by atoms with Crippen molar-refractivity contribution in [3.05, 3.63) is 65.0 Å². The van der Waals surface area contributed by atoms with E-state index in [-0.39, 0.29) is 17.8 Å². The zero-order valence-electron chi connectivity index (χ0n) is 19.1. The summed E-state index contributed by atoms with van der Waals surface area (Å²) >= 11 is 0. The van der Waals surface area contributed by atoms with Crippen LogP contribution in [0.4, 0.5) is 4.39 Å². The summed E-state index contributed by atoms with van der Waals surface area (Å²) in [6.45, 7) is 5.71. The minimum Gasteiger partial charge on any atom is -0.490 e. The summed E-state index contributed by atoms with van der Waals surface area (Å²) in [5.41, 5.74) is 2.40. The normalized spacial score (nSPS) is 14.6. The van der Waals surface area contributed by atoms with Crippen LogP contribution in [0.15, 0.2) is 47.5 Å². The molecular formula is C25H33FN4O2. The van der Waals surface area contributed by atoms with Crippen LogP contribution in [0.2, 0.25) is 0 Å². The van der Waals surface area contributed by atoms with Crippen LogP contribution in [0, 0.1) is 11.7 Å². The van der Waals surface area contributed by atoms with E-state index in [2.05, 4.69) is 20.9 Å². The predicted octanol–water partition coefficient (Wildman–Crippen LogP) is 4.18. The standard InChI is InChI=1S/C25H33FN4O2/c1-4-12-28-24(31)21-7-5-6-19(13-21)15-29-25(27-3)30-17(2)20-10-11-23(22(26)14-20)32-16-18-8-9-18/h5-7,10-11,13-14,17-18H,4,8-9,12,15-16H2,1-3H3,(H,28,31)(H2,27,29,30). The third kappa shape index (κ3) is 6.97. The number of carbonyl (C=O) groups excluding carboxylic acids is 1. The van der Waals surface area contributed by atoms with Gasteiger partial charge in [-0.25, -0.2) is 4.39 Å². The van der Waals surface area contributed by atoms with Crippen LogP contribution >= 0.6 is 0 Å². The van der Waals surface area contributed by atoms with Crippen molar-refractivity contribution in [1.29, 1.82) is 0 Å². The van der Waals surface area contributed by atoms with E-state index in [1.165, 1.54) is 18.9 Å². The smallest absolute Gasteiger partial charge is 0.251 e. The van der Waals surface area contributed by atoms with Gasteiger partial charge in [0.05, 0.1) is 12.6 Å². The molecular weight excluding hydrogens is 407 g/mol. The number of hydrogen-bond donors (Lipinski definition) is 3. The van der Waals surface area contributed by atoms with Crippen LogP contribution in [-0.2, 0) is 6.54 Å². The maximum atomic E-state index is 14.4. The van der Waals surface area contributed by atoms with Crippen LogP contribution in [-0.4, -0.2) is 32.1 Å². The van der Waals surface area contributed by atoms with Crippen LogP contribution in [0.25, 0.3) is 0 Å². The van der Waals surface area contributed by atoms with E-state index in [4.69, 9.17) is 4.74 Å². The molecule has 0 aromatic heterocycles. The number of carbonyl (C=O) groups is 1. The molecule has 0 saturated heterocycles. The molecule has 0 bridgehead atoms. The summed E-state index contributed by atoms with van der Waals surface area (Å²) < 4.78 is 20.0. The Morgan fingerprint density at radius 2 is 2.03 bits per heavy atom. The Morgan fingerprint density at radius 1 is 1.22 bits per heavy atom. The molecule has 1 unspecified atom stereocenters. The third-order valence-electron chi connectivity index (χ3n) is 5.39. The second-order valence-corrected chi connectivity index (χ2v) is 8.19. The summed E-state index contributed by atoms with van der Waals surface area (Å²) in [6, 6.07) is 12.4. The number of benzene rings is 2. The SMILES string of the molecule is CCCNC(=O)c1cccc(CNC(=NC)NC(C)c2ccc(OCC3CC3)c(F)c2)c1. The van der Waals surface area contributed by atoms with Gasteiger partial charge in [0.15, 0.2) is 17.5 Å². The summed E-state index contributed by atoms with van der Waals surface area (Å²) in [5.74, 6) is 1.05. The van der Waals surface area contributed by atoms with Gasteiger partial charge in [-0.05, 0) is 67.5 Å². The Morgan fingerprint density at radius 3 is 2.72 bits per heavy atom. The molecule has 2 aromatic carbocycles. The first-order valence-corrected chi connectivity index (χ1v) is 11.3. The molecule has 1 aliphatic rings. The fraction of sp³-hybridized carbons (Fsp3) is 0.440. The van der Waals surface area contributed by atoms with Crippen molar-refractivity contribution in [2.45, 2.75) is 45.7 Å². The first kappa shape index (κ1) is 23.6. The molecule has 32 heavy (non-hydrogen) atoms. The Labute approximate surface area is 189 Å². The quantitative estimate of drug-likeness (QED) is 0.383. The molecule has 0 heterocycles. The number of hydrogen-bond acceptors (Lipinski definition) is 3. The van der Waals surface area contributed by atoms with Crippen molar-refractivity contribution in [1.82, 2.24) is 16.0 Å². The van der Waals surface area contributed by atoms with Crippen LogP contribution < -0.4 is 20.7 Å². The van der Waals surface area contributed by atoms with Crippen molar-refractivity contribution in [3.63, 3.8) is 0 Å². The van der Waals surface area contributed by atoms with E-state index in [1.54, 1.807) is 19.2 Å². The second kappa shape index (κ2) is 11.5. The average molecular weight is 441 g/mol. The van der Waals surface area contributed by atoms with Gasteiger partial charge in [-0.2, -0.15) is 0 Å². The lowest BCUT2D eigenvalue weighted by atomic mass is 10.1. The third-order valence-corrected chi connectivity index (χ3v) is 5.39. The molecule has 1 fully saturated rings. The Bertz CT molecular complexity index is 943. The molecule has 172 valence electrons. The predicted molar refractivity (Wildman–Crippen MR) is 125 cm³/mol. The fourth-order valence-electron chi connectivity index (χ4n) is 3.23. The summed E-state index contributed by atoms with van der Waals surface area (Å²) in [7, 11) is 1.69. The van der Waals surface area contributed by atoms with E-state index in [9.17, 15) is 9.18 Å². The number of nitrogens with one attached hydrogen (secondary N) is 3. The van der Waals surface area contributed by atoms with Gasteiger partial charge in [0.1, 0.15) is 0 Å². The molecule has 2 aromatic rings. The fourth-order valence-corrected chi connectivity index (χ4v) is 3.23. The topological polar surface area (TPSA) is 74.8 Å². The number of nitrogens with zero attached hydrogens (tertiary/aromatic N) is 1. The number of aliphatic imine (C=N–C) groups is 1. The number of ether oxygens (including phenoxy) is 1. The van der Waals surface area contributed by atoms with Gasteiger partial charge in [-0.15, -0.1) is 0 Å². The van der Waals surface area contributed by atoms with Gasteiger partial charge in [0, 0.05) is 25.7 Å². The Balaban J connectivity index is 1.54. The maximum absolute atomic E-state index is 14.4. The highest BCUT2D eigenvalue weighted by atomic mass is 19.1. The van der Waals surface area contributed by atoms with Gasteiger partial charge in [-0.3, -0.25) is 9.79 Å². The van der Waals surface area contributed by atoms with Gasteiger partial charge < -0.3 is 20.7 Å². The van der Waals surface area contributed by atoms with Gasteiger partial charge >= 0.3 is 0 Å². The van der Waals surface area contributed by atoms with Crippen molar-refractivity contribution < 1.29 is 13.9 Å². The molecule has 0 spiro atoms. The average Bonchev–Trinajstić information content (AvgIpc) is 3.64. The molecule has 3 rings (SSSR count). The highest BCUT2D eigenvalue weighted by Gasteiger charge is 2.22. The zero-order valence-corrected chi connectivity index (χ0v) is 19.1. The lowest BCUT2D eigenvalue weighted by Crippen LogP contribution is -2.38. The molecule has 1 amide bonds. The lowest BCUT2D eigenvalue weighted by molar-refractivity contribution is 0.0953. The van der Waals surface area contributed by atoms with Crippen LogP contribution in [0.1, 0.15) is 60.6 Å². The first-order valence-electron chi connectivity index (χ1n) is 11.3. The van der Waals surface area contributed by atoms with Crippen molar-refractivity contribution >= 4 is 11.9 Å².